The molecular formula is C16H11F3OS. The van der Waals surface area contributed by atoms with Crippen molar-refractivity contribution >= 4 is 21.4 Å². The predicted molar refractivity (Wildman–Crippen MR) is 76.8 cm³/mol. The molecule has 0 saturated heterocycles. The van der Waals surface area contributed by atoms with E-state index in [1.165, 1.54) is 29.5 Å². The third-order valence-corrected chi connectivity index (χ3v) is 4.46. The Bertz CT molecular complexity index is 797. The molecule has 3 aromatic rings. The molecule has 0 spiro atoms. The summed E-state index contributed by atoms with van der Waals surface area (Å²) in [6.07, 6.45) is -0.869. The van der Waals surface area contributed by atoms with Gasteiger partial charge in [-0.2, -0.15) is 0 Å². The first-order valence-corrected chi connectivity index (χ1v) is 7.15. The zero-order chi connectivity index (χ0) is 15.0. The Balaban J connectivity index is 1.87. The maximum Gasteiger partial charge on any atom is 0.129 e. The molecule has 0 aliphatic rings. The lowest BCUT2D eigenvalue weighted by Crippen LogP contribution is -2.02. The molecule has 1 unspecified atom stereocenters. The largest absolute Gasteiger partial charge is 0.387 e. The summed E-state index contributed by atoms with van der Waals surface area (Å²) in [5, 5.41) is 11.0. The first-order chi connectivity index (χ1) is 10.0. The van der Waals surface area contributed by atoms with Gasteiger partial charge in [-0.05, 0) is 35.2 Å². The molecule has 1 nitrogen and oxygen atoms in total. The fourth-order valence-corrected chi connectivity index (χ4v) is 3.26. The third-order valence-electron chi connectivity index (χ3n) is 3.26. The third kappa shape index (κ3) is 2.94. The molecule has 1 atom stereocenters. The van der Waals surface area contributed by atoms with Crippen molar-refractivity contribution in [3.8, 4) is 0 Å². The second kappa shape index (κ2) is 5.50. The molecule has 0 fully saturated rings. The fourth-order valence-electron chi connectivity index (χ4n) is 2.19. The Morgan fingerprint density at radius 2 is 1.67 bits per heavy atom. The minimum atomic E-state index is -0.912. The topological polar surface area (TPSA) is 20.2 Å². The Hall–Kier alpha value is -1.85. The van der Waals surface area contributed by atoms with Gasteiger partial charge in [-0.3, -0.25) is 0 Å². The molecule has 0 bridgehead atoms. The summed E-state index contributed by atoms with van der Waals surface area (Å²) in [6, 6.07) is 9.41. The highest BCUT2D eigenvalue weighted by Crippen LogP contribution is 2.32. The van der Waals surface area contributed by atoms with Crippen LogP contribution in [0.3, 0.4) is 0 Å². The zero-order valence-corrected chi connectivity index (χ0v) is 11.6. The second-order valence-electron chi connectivity index (χ2n) is 4.79. The van der Waals surface area contributed by atoms with Gasteiger partial charge in [0.1, 0.15) is 17.5 Å². The van der Waals surface area contributed by atoms with Gasteiger partial charge in [-0.15, -0.1) is 11.3 Å². The second-order valence-corrected chi connectivity index (χ2v) is 5.90. The van der Waals surface area contributed by atoms with Gasteiger partial charge in [0.05, 0.1) is 6.10 Å². The SMILES string of the molecule is OC(Cc1ccc(F)cc1F)c1cc2ccc(F)cc2s1. The van der Waals surface area contributed by atoms with Crippen molar-refractivity contribution in [1.29, 1.82) is 0 Å². The molecular weight excluding hydrogens is 297 g/mol. The molecule has 21 heavy (non-hydrogen) atoms. The van der Waals surface area contributed by atoms with E-state index in [0.717, 1.165) is 22.2 Å². The van der Waals surface area contributed by atoms with Crippen LogP contribution in [0.5, 0.6) is 0 Å². The summed E-state index contributed by atoms with van der Waals surface area (Å²) < 4.78 is 40.3. The van der Waals surface area contributed by atoms with Crippen LogP contribution in [-0.2, 0) is 6.42 Å². The Labute approximate surface area is 123 Å². The molecule has 1 aromatic heterocycles. The van der Waals surface area contributed by atoms with Gasteiger partial charge in [0.2, 0.25) is 0 Å². The van der Waals surface area contributed by atoms with Gasteiger partial charge in [0, 0.05) is 22.1 Å². The number of benzene rings is 2. The van der Waals surface area contributed by atoms with E-state index >= 15 is 0 Å². The van der Waals surface area contributed by atoms with Crippen LogP contribution in [0.2, 0.25) is 0 Å². The van der Waals surface area contributed by atoms with Gasteiger partial charge < -0.3 is 5.11 Å². The van der Waals surface area contributed by atoms with Gasteiger partial charge in [0.25, 0.3) is 0 Å². The Morgan fingerprint density at radius 3 is 2.43 bits per heavy atom. The van der Waals surface area contributed by atoms with Crippen LogP contribution in [0.25, 0.3) is 10.1 Å². The summed E-state index contributed by atoms with van der Waals surface area (Å²) in [7, 11) is 0. The summed E-state index contributed by atoms with van der Waals surface area (Å²) in [5.41, 5.74) is 0.243. The average Bonchev–Trinajstić information content (AvgIpc) is 2.85. The number of thiophene rings is 1. The number of rotatable bonds is 3. The highest BCUT2D eigenvalue weighted by atomic mass is 32.1. The molecule has 2 aromatic carbocycles. The first-order valence-electron chi connectivity index (χ1n) is 6.34. The molecule has 1 heterocycles. The average molecular weight is 308 g/mol. The van der Waals surface area contributed by atoms with Crippen LogP contribution in [0.1, 0.15) is 16.5 Å². The van der Waals surface area contributed by atoms with E-state index < -0.39 is 17.7 Å². The minimum absolute atomic E-state index is 0.0431. The van der Waals surface area contributed by atoms with Crippen molar-refractivity contribution in [2.45, 2.75) is 12.5 Å². The molecule has 0 aliphatic heterocycles. The number of aliphatic hydroxyl groups excluding tert-OH is 1. The van der Waals surface area contributed by atoms with E-state index in [1.54, 1.807) is 12.1 Å². The summed E-state index contributed by atoms with van der Waals surface area (Å²) >= 11 is 1.26. The molecule has 3 rings (SSSR count). The minimum Gasteiger partial charge on any atom is -0.387 e. The molecule has 0 saturated carbocycles. The van der Waals surface area contributed by atoms with Crippen molar-refractivity contribution in [3.05, 3.63) is 70.4 Å². The van der Waals surface area contributed by atoms with Crippen LogP contribution in [0.4, 0.5) is 13.2 Å². The fraction of sp³-hybridized carbons (Fsp3) is 0.125. The van der Waals surface area contributed by atoms with Gasteiger partial charge in [0.15, 0.2) is 0 Å². The molecule has 108 valence electrons. The summed E-state index contributed by atoms with van der Waals surface area (Å²) in [4.78, 5) is 0.624. The van der Waals surface area contributed by atoms with Crippen molar-refractivity contribution in [2.24, 2.45) is 0 Å². The lowest BCUT2D eigenvalue weighted by molar-refractivity contribution is 0.181. The molecule has 0 aliphatic carbocycles. The normalized spacial score (nSPS) is 12.8. The standard InChI is InChI=1S/C16H11F3OS/c17-11-3-1-9(13(19)7-11)5-14(20)16-6-10-2-4-12(18)8-15(10)21-16/h1-4,6-8,14,20H,5H2. The molecule has 5 heteroatoms. The highest BCUT2D eigenvalue weighted by molar-refractivity contribution is 7.19. The van der Waals surface area contributed by atoms with Crippen LogP contribution < -0.4 is 0 Å². The van der Waals surface area contributed by atoms with Crippen LogP contribution in [0, 0.1) is 17.5 Å². The van der Waals surface area contributed by atoms with Crippen LogP contribution >= 0.6 is 11.3 Å². The predicted octanol–water partition coefficient (Wildman–Crippen LogP) is 4.59. The van der Waals surface area contributed by atoms with E-state index in [1.807, 2.05) is 0 Å². The summed E-state index contributed by atoms with van der Waals surface area (Å²) in [6.45, 7) is 0. The number of fused-ring (bicyclic) bond motifs is 1. The van der Waals surface area contributed by atoms with Crippen LogP contribution in [-0.4, -0.2) is 5.11 Å². The summed E-state index contributed by atoms with van der Waals surface area (Å²) in [5.74, 6) is -1.67. The van der Waals surface area contributed by atoms with E-state index in [0.29, 0.717) is 4.88 Å². The van der Waals surface area contributed by atoms with Crippen LogP contribution in [0.15, 0.2) is 42.5 Å². The van der Waals surface area contributed by atoms with Crippen molar-refractivity contribution in [1.82, 2.24) is 0 Å². The van der Waals surface area contributed by atoms with Gasteiger partial charge >= 0.3 is 0 Å². The smallest absolute Gasteiger partial charge is 0.129 e. The van der Waals surface area contributed by atoms with E-state index in [2.05, 4.69) is 0 Å². The lowest BCUT2D eigenvalue weighted by Gasteiger charge is -2.09. The van der Waals surface area contributed by atoms with E-state index in [9.17, 15) is 18.3 Å². The lowest BCUT2D eigenvalue weighted by atomic mass is 10.1. The monoisotopic (exact) mass is 308 g/mol. The van der Waals surface area contributed by atoms with E-state index in [-0.39, 0.29) is 17.8 Å². The zero-order valence-electron chi connectivity index (χ0n) is 10.8. The van der Waals surface area contributed by atoms with Crippen molar-refractivity contribution in [2.75, 3.05) is 0 Å². The van der Waals surface area contributed by atoms with E-state index in [4.69, 9.17) is 0 Å². The molecule has 0 radical (unpaired) electrons. The number of aliphatic hydroxyl groups is 1. The molecule has 1 N–H and O–H groups in total. The van der Waals surface area contributed by atoms with Crippen molar-refractivity contribution < 1.29 is 18.3 Å². The number of hydrogen-bond acceptors (Lipinski definition) is 2. The highest BCUT2D eigenvalue weighted by Gasteiger charge is 2.15. The quantitative estimate of drug-likeness (QED) is 0.750. The van der Waals surface area contributed by atoms with Crippen molar-refractivity contribution in [3.63, 3.8) is 0 Å². The first kappa shape index (κ1) is 14.1. The Kier molecular flexibility index (Phi) is 3.69. The number of halogens is 3. The Morgan fingerprint density at radius 1 is 0.952 bits per heavy atom. The molecule has 0 amide bonds. The van der Waals surface area contributed by atoms with Gasteiger partial charge in [-0.25, -0.2) is 13.2 Å². The van der Waals surface area contributed by atoms with Gasteiger partial charge in [-0.1, -0.05) is 12.1 Å². The maximum atomic E-state index is 13.6. The maximum absolute atomic E-state index is 13.6. The number of hydrogen-bond donors (Lipinski definition) is 1.